The van der Waals surface area contributed by atoms with E-state index < -0.39 is 0 Å². The highest BCUT2D eigenvalue weighted by Crippen LogP contribution is 2.41. The van der Waals surface area contributed by atoms with Gasteiger partial charge in [-0.1, -0.05) is 12.8 Å². The molecule has 1 aliphatic carbocycles. The normalized spacial score (nSPS) is 33.6. The van der Waals surface area contributed by atoms with Crippen molar-refractivity contribution in [1.82, 2.24) is 0 Å². The lowest BCUT2D eigenvalue weighted by atomic mass is 9.96. The van der Waals surface area contributed by atoms with Crippen molar-refractivity contribution in [1.29, 1.82) is 0 Å². The van der Waals surface area contributed by atoms with Crippen LogP contribution in [0.2, 0.25) is 0 Å². The molecule has 0 amide bonds. The number of Topliss-reactive ketones (excluding diaryl/α,β-unsaturated/α-hetero) is 1. The molecule has 1 heterocycles. The Labute approximate surface area is 84.7 Å². The third-order valence-corrected chi connectivity index (χ3v) is 4.85. The summed E-state index contributed by atoms with van der Waals surface area (Å²) >= 11 is 1.88. The summed E-state index contributed by atoms with van der Waals surface area (Å²) in [6.45, 7) is 2.14. The highest BCUT2D eigenvalue weighted by Gasteiger charge is 2.37. The maximum absolute atomic E-state index is 11.9. The van der Waals surface area contributed by atoms with Crippen LogP contribution >= 0.6 is 11.8 Å². The maximum atomic E-state index is 11.9. The minimum absolute atomic E-state index is 0.00507. The Hall–Kier alpha value is 0.0200. The van der Waals surface area contributed by atoms with E-state index in [0.717, 1.165) is 25.2 Å². The monoisotopic (exact) mass is 198 g/mol. The van der Waals surface area contributed by atoms with Crippen molar-refractivity contribution in [3.8, 4) is 0 Å². The first-order valence-electron chi connectivity index (χ1n) is 5.38. The topological polar surface area (TPSA) is 17.1 Å². The van der Waals surface area contributed by atoms with E-state index in [4.69, 9.17) is 0 Å². The molecule has 2 rings (SSSR count). The molecule has 13 heavy (non-hydrogen) atoms. The molecule has 2 fully saturated rings. The fourth-order valence-corrected chi connectivity index (χ4v) is 3.30. The summed E-state index contributed by atoms with van der Waals surface area (Å²) < 4.78 is -0.00507. The van der Waals surface area contributed by atoms with Gasteiger partial charge in [-0.3, -0.25) is 4.79 Å². The van der Waals surface area contributed by atoms with Crippen molar-refractivity contribution in [2.45, 2.75) is 50.2 Å². The van der Waals surface area contributed by atoms with Crippen LogP contribution in [0.1, 0.15) is 45.4 Å². The van der Waals surface area contributed by atoms with Gasteiger partial charge in [-0.15, -0.1) is 11.8 Å². The van der Waals surface area contributed by atoms with Crippen molar-refractivity contribution >= 4 is 17.5 Å². The fourth-order valence-electron chi connectivity index (χ4n) is 2.01. The van der Waals surface area contributed by atoms with Gasteiger partial charge in [0.05, 0.1) is 4.75 Å². The van der Waals surface area contributed by atoms with Gasteiger partial charge >= 0.3 is 0 Å². The number of hydrogen-bond acceptors (Lipinski definition) is 2. The van der Waals surface area contributed by atoms with E-state index >= 15 is 0 Å². The minimum atomic E-state index is -0.00507. The smallest absolute Gasteiger partial charge is 0.148 e. The molecule has 0 aromatic heterocycles. The van der Waals surface area contributed by atoms with Gasteiger partial charge < -0.3 is 0 Å². The first-order valence-corrected chi connectivity index (χ1v) is 6.36. The Bertz CT molecular complexity index is 202. The number of carbonyl (C=O) groups excluding carboxylic acids is 1. The molecule has 0 aromatic carbocycles. The van der Waals surface area contributed by atoms with Crippen molar-refractivity contribution < 1.29 is 4.79 Å². The molecular formula is C11H18OS. The number of ketones is 1. The molecule has 1 nitrogen and oxygen atoms in total. The van der Waals surface area contributed by atoms with Crippen molar-refractivity contribution in [3.63, 3.8) is 0 Å². The van der Waals surface area contributed by atoms with Gasteiger partial charge in [0.15, 0.2) is 0 Å². The molecule has 0 bridgehead atoms. The predicted molar refractivity (Wildman–Crippen MR) is 57.1 cm³/mol. The first-order chi connectivity index (χ1) is 6.21. The van der Waals surface area contributed by atoms with E-state index in [0.29, 0.717) is 5.78 Å². The average molecular weight is 198 g/mol. The van der Waals surface area contributed by atoms with Crippen LogP contribution in [-0.2, 0) is 4.79 Å². The van der Waals surface area contributed by atoms with Crippen LogP contribution in [0.25, 0.3) is 0 Å². The third kappa shape index (κ3) is 2.28. The second-order valence-electron chi connectivity index (χ2n) is 4.59. The summed E-state index contributed by atoms with van der Waals surface area (Å²) in [6, 6.07) is 0. The minimum Gasteiger partial charge on any atom is -0.298 e. The summed E-state index contributed by atoms with van der Waals surface area (Å²) in [5, 5.41) is 0. The van der Waals surface area contributed by atoms with Crippen molar-refractivity contribution in [2.24, 2.45) is 5.92 Å². The zero-order valence-electron chi connectivity index (χ0n) is 8.34. The summed E-state index contributed by atoms with van der Waals surface area (Å²) in [6.07, 6.45) is 7.09. The lowest BCUT2D eigenvalue weighted by Gasteiger charge is -2.20. The Kier molecular flexibility index (Phi) is 2.68. The van der Waals surface area contributed by atoms with Crippen LogP contribution in [0.3, 0.4) is 0 Å². The van der Waals surface area contributed by atoms with Crippen molar-refractivity contribution in [3.05, 3.63) is 0 Å². The second kappa shape index (κ2) is 3.64. The zero-order chi connectivity index (χ0) is 9.31. The first kappa shape index (κ1) is 9.57. The molecule has 1 atom stereocenters. The van der Waals surface area contributed by atoms with Gasteiger partial charge in [-0.2, -0.15) is 0 Å². The standard InChI is InChI=1S/C11H18OS/c1-11(7-2-8-13-11)10(12)6-5-9-3-4-9/h9H,2-8H2,1H3. The van der Waals surface area contributed by atoms with Gasteiger partial charge in [0, 0.05) is 6.42 Å². The largest absolute Gasteiger partial charge is 0.298 e. The maximum Gasteiger partial charge on any atom is 0.148 e. The van der Waals surface area contributed by atoms with Crippen LogP contribution in [0.4, 0.5) is 0 Å². The van der Waals surface area contributed by atoms with Gasteiger partial charge in [-0.25, -0.2) is 0 Å². The van der Waals surface area contributed by atoms with E-state index in [2.05, 4.69) is 6.92 Å². The highest BCUT2D eigenvalue weighted by atomic mass is 32.2. The van der Waals surface area contributed by atoms with E-state index in [1.54, 1.807) is 0 Å². The molecule has 0 aromatic rings. The molecule has 0 spiro atoms. The summed E-state index contributed by atoms with van der Waals surface area (Å²) in [5.41, 5.74) is 0. The molecule has 1 aliphatic heterocycles. The molecular weight excluding hydrogens is 180 g/mol. The number of rotatable bonds is 4. The van der Waals surface area contributed by atoms with E-state index in [1.165, 1.54) is 25.0 Å². The molecule has 2 aliphatic rings. The fraction of sp³-hybridized carbons (Fsp3) is 0.909. The molecule has 1 saturated carbocycles. The van der Waals surface area contributed by atoms with Crippen LogP contribution in [-0.4, -0.2) is 16.3 Å². The summed E-state index contributed by atoms with van der Waals surface area (Å²) in [5.74, 6) is 2.60. The number of thioether (sulfide) groups is 1. The van der Waals surface area contributed by atoms with Crippen LogP contribution < -0.4 is 0 Å². The zero-order valence-corrected chi connectivity index (χ0v) is 9.16. The summed E-state index contributed by atoms with van der Waals surface area (Å²) in [7, 11) is 0. The van der Waals surface area contributed by atoms with Crippen LogP contribution in [0, 0.1) is 5.92 Å². The van der Waals surface area contributed by atoms with Crippen molar-refractivity contribution in [2.75, 3.05) is 5.75 Å². The Morgan fingerprint density at radius 2 is 2.31 bits per heavy atom. The lowest BCUT2D eigenvalue weighted by Crippen LogP contribution is -2.28. The van der Waals surface area contributed by atoms with E-state index in [9.17, 15) is 4.79 Å². The summed E-state index contributed by atoms with van der Waals surface area (Å²) in [4.78, 5) is 11.9. The Balaban J connectivity index is 1.80. The third-order valence-electron chi connectivity index (χ3n) is 3.29. The van der Waals surface area contributed by atoms with E-state index in [-0.39, 0.29) is 4.75 Å². The molecule has 1 saturated heterocycles. The molecule has 74 valence electrons. The Morgan fingerprint density at radius 3 is 2.85 bits per heavy atom. The predicted octanol–water partition coefficient (Wildman–Crippen LogP) is 3.03. The average Bonchev–Trinajstić information content (AvgIpc) is 2.84. The van der Waals surface area contributed by atoms with Gasteiger partial charge in [0.25, 0.3) is 0 Å². The number of hydrogen-bond donors (Lipinski definition) is 0. The quantitative estimate of drug-likeness (QED) is 0.690. The highest BCUT2D eigenvalue weighted by molar-refractivity contribution is 8.01. The SMILES string of the molecule is CC1(C(=O)CCC2CC2)CCCS1. The van der Waals surface area contributed by atoms with Crippen LogP contribution in [0.5, 0.6) is 0 Å². The molecule has 2 heteroatoms. The molecule has 1 unspecified atom stereocenters. The van der Waals surface area contributed by atoms with Gasteiger partial charge in [0.2, 0.25) is 0 Å². The van der Waals surface area contributed by atoms with E-state index in [1.807, 2.05) is 11.8 Å². The molecule has 0 radical (unpaired) electrons. The van der Waals surface area contributed by atoms with Gasteiger partial charge in [-0.05, 0) is 37.9 Å². The van der Waals surface area contributed by atoms with Gasteiger partial charge in [0.1, 0.15) is 5.78 Å². The number of carbonyl (C=O) groups is 1. The Morgan fingerprint density at radius 1 is 1.54 bits per heavy atom. The molecule has 0 N–H and O–H groups in total. The lowest BCUT2D eigenvalue weighted by molar-refractivity contribution is -0.121. The van der Waals surface area contributed by atoms with Crippen LogP contribution in [0.15, 0.2) is 0 Å². The second-order valence-corrected chi connectivity index (χ2v) is 6.19.